The van der Waals surface area contributed by atoms with Crippen molar-refractivity contribution in [2.45, 2.75) is 44.6 Å². The van der Waals surface area contributed by atoms with Crippen LogP contribution >= 0.6 is 0 Å². The van der Waals surface area contributed by atoms with E-state index in [1.807, 2.05) is 18.2 Å². The molecule has 4 rings (SSSR count). The number of amides is 2. The largest absolute Gasteiger partial charge is 0.301 e. The molecule has 1 fully saturated rings. The lowest BCUT2D eigenvalue weighted by atomic mass is 9.89. The van der Waals surface area contributed by atoms with E-state index < -0.39 is 5.92 Å². The Kier molecular flexibility index (Phi) is 6.33. The van der Waals surface area contributed by atoms with Crippen LogP contribution in [-0.2, 0) is 4.79 Å². The molecule has 2 atom stereocenters. The summed E-state index contributed by atoms with van der Waals surface area (Å²) in [4.78, 5) is 38.7. The zero-order valence-electron chi connectivity index (χ0n) is 17.4. The van der Waals surface area contributed by atoms with E-state index in [4.69, 9.17) is 0 Å². The van der Waals surface area contributed by atoms with Crippen LogP contribution in [0.1, 0.15) is 54.4 Å². The molecular formula is C24H28N4O2. The maximum absolute atomic E-state index is 13.2. The highest BCUT2D eigenvalue weighted by Gasteiger charge is 2.39. The van der Waals surface area contributed by atoms with E-state index in [1.165, 1.54) is 30.7 Å². The molecule has 2 amide bonds. The molecule has 3 heterocycles. The lowest BCUT2D eigenvalue weighted by molar-refractivity contribution is -0.118. The summed E-state index contributed by atoms with van der Waals surface area (Å²) in [6, 6.07) is 13.1. The summed E-state index contributed by atoms with van der Waals surface area (Å²) in [6.45, 7) is 5.17. The third-order valence-electron chi connectivity index (χ3n) is 6.02. The summed E-state index contributed by atoms with van der Waals surface area (Å²) in [6.07, 6.45) is 8.13. The second-order valence-corrected chi connectivity index (χ2v) is 8.02. The second-order valence-electron chi connectivity index (χ2n) is 8.02. The van der Waals surface area contributed by atoms with Crippen LogP contribution in [0.3, 0.4) is 0 Å². The molecule has 2 aliphatic heterocycles. The van der Waals surface area contributed by atoms with Crippen molar-refractivity contribution in [3.8, 4) is 0 Å². The summed E-state index contributed by atoms with van der Waals surface area (Å²) in [5.41, 5.74) is 1.24. The number of carbonyl (C=O) groups is 2. The third-order valence-corrected chi connectivity index (χ3v) is 6.02. The molecule has 0 radical (unpaired) electrons. The average Bonchev–Trinajstić information content (AvgIpc) is 2.77. The van der Waals surface area contributed by atoms with E-state index in [-0.39, 0.29) is 11.8 Å². The Balaban J connectivity index is 1.48. The number of likely N-dealkylation sites (tertiary alicyclic amines) is 1. The van der Waals surface area contributed by atoms with Crippen molar-refractivity contribution in [2.75, 3.05) is 24.5 Å². The summed E-state index contributed by atoms with van der Waals surface area (Å²) in [7, 11) is 0. The van der Waals surface area contributed by atoms with Crippen molar-refractivity contribution in [1.29, 1.82) is 0 Å². The third kappa shape index (κ3) is 4.19. The molecule has 2 aromatic rings. The van der Waals surface area contributed by atoms with Gasteiger partial charge in [-0.05, 0) is 56.5 Å². The number of pyridine rings is 1. The van der Waals surface area contributed by atoms with Crippen LogP contribution in [0.15, 0.2) is 53.7 Å². The van der Waals surface area contributed by atoms with Gasteiger partial charge < -0.3 is 4.90 Å². The maximum Gasteiger partial charge on any atom is 0.266 e. The van der Waals surface area contributed by atoms with Gasteiger partial charge in [-0.1, -0.05) is 30.7 Å². The van der Waals surface area contributed by atoms with E-state index in [0.717, 1.165) is 13.0 Å². The summed E-state index contributed by atoms with van der Waals surface area (Å²) in [5.74, 6) is -0.863. The van der Waals surface area contributed by atoms with Crippen LogP contribution in [-0.4, -0.2) is 53.6 Å². The minimum atomic E-state index is -0.574. The highest BCUT2D eigenvalue weighted by atomic mass is 16.2. The topological polar surface area (TPSA) is 65.9 Å². The maximum atomic E-state index is 13.2. The number of hydrogen-bond acceptors (Lipinski definition) is 5. The minimum absolute atomic E-state index is 0.300. The van der Waals surface area contributed by atoms with Crippen LogP contribution in [0, 0.1) is 0 Å². The Bertz CT molecular complexity index is 928. The molecule has 0 bridgehead atoms. The molecule has 30 heavy (non-hydrogen) atoms. The number of aliphatic imine (C=N–C) groups is 1. The van der Waals surface area contributed by atoms with Gasteiger partial charge in [0.2, 0.25) is 5.91 Å². The fraction of sp³-hybridized carbons (Fsp3) is 0.417. The SMILES string of the molecule is C[C@@H]1CCCCN1CCCN=CC1C(=O)N(c2ccccn2)C(=O)c2ccccc21. The van der Waals surface area contributed by atoms with Crippen molar-refractivity contribution >= 4 is 23.8 Å². The Labute approximate surface area is 177 Å². The van der Waals surface area contributed by atoms with Crippen molar-refractivity contribution in [1.82, 2.24) is 9.88 Å². The molecule has 0 N–H and O–H groups in total. The lowest BCUT2D eigenvalue weighted by Gasteiger charge is -2.33. The number of piperidine rings is 1. The minimum Gasteiger partial charge on any atom is -0.301 e. The second kappa shape index (κ2) is 9.30. The van der Waals surface area contributed by atoms with Gasteiger partial charge in [-0.15, -0.1) is 0 Å². The van der Waals surface area contributed by atoms with E-state index in [2.05, 4.69) is 21.8 Å². The number of imide groups is 1. The molecule has 1 unspecified atom stereocenters. The smallest absolute Gasteiger partial charge is 0.266 e. The van der Waals surface area contributed by atoms with Gasteiger partial charge in [0.1, 0.15) is 5.82 Å². The lowest BCUT2D eigenvalue weighted by Crippen LogP contribution is -2.46. The van der Waals surface area contributed by atoms with E-state index in [9.17, 15) is 9.59 Å². The van der Waals surface area contributed by atoms with Gasteiger partial charge in [0, 0.05) is 37.1 Å². The monoisotopic (exact) mass is 404 g/mol. The first-order valence-electron chi connectivity index (χ1n) is 10.8. The molecule has 0 spiro atoms. The Morgan fingerprint density at radius 3 is 2.77 bits per heavy atom. The number of fused-ring (bicyclic) bond motifs is 1. The molecular weight excluding hydrogens is 376 g/mol. The molecule has 156 valence electrons. The highest BCUT2D eigenvalue weighted by Crippen LogP contribution is 2.31. The first-order valence-corrected chi connectivity index (χ1v) is 10.8. The van der Waals surface area contributed by atoms with Crippen LogP contribution in [0.5, 0.6) is 0 Å². The first kappa shape index (κ1) is 20.4. The fourth-order valence-corrected chi connectivity index (χ4v) is 4.34. The summed E-state index contributed by atoms with van der Waals surface area (Å²) >= 11 is 0. The van der Waals surface area contributed by atoms with Crippen LogP contribution in [0.25, 0.3) is 0 Å². The molecule has 1 aromatic carbocycles. The van der Waals surface area contributed by atoms with Gasteiger partial charge >= 0.3 is 0 Å². The molecule has 6 heteroatoms. The van der Waals surface area contributed by atoms with Crippen molar-refractivity contribution in [3.05, 3.63) is 59.8 Å². The number of aromatic nitrogens is 1. The molecule has 0 aliphatic carbocycles. The molecule has 1 saturated heterocycles. The van der Waals surface area contributed by atoms with Gasteiger partial charge in [-0.25, -0.2) is 9.88 Å². The van der Waals surface area contributed by atoms with Crippen LogP contribution in [0.4, 0.5) is 5.82 Å². The predicted molar refractivity (Wildman–Crippen MR) is 118 cm³/mol. The molecule has 2 aliphatic rings. The average molecular weight is 405 g/mol. The van der Waals surface area contributed by atoms with Gasteiger partial charge in [0.05, 0.1) is 5.92 Å². The van der Waals surface area contributed by atoms with E-state index in [0.29, 0.717) is 29.5 Å². The normalized spacial score (nSPS) is 22.5. The summed E-state index contributed by atoms with van der Waals surface area (Å²) in [5, 5.41) is 0. The van der Waals surface area contributed by atoms with Gasteiger partial charge in [-0.3, -0.25) is 14.6 Å². The van der Waals surface area contributed by atoms with Crippen molar-refractivity contribution in [2.24, 2.45) is 4.99 Å². The quantitative estimate of drug-likeness (QED) is 0.418. The summed E-state index contributed by atoms with van der Waals surface area (Å²) < 4.78 is 0. The number of carbonyl (C=O) groups excluding carboxylic acids is 2. The zero-order valence-corrected chi connectivity index (χ0v) is 17.4. The Morgan fingerprint density at radius 1 is 1.13 bits per heavy atom. The van der Waals surface area contributed by atoms with Gasteiger partial charge in [0.15, 0.2) is 0 Å². The standard InChI is InChI=1S/C24H28N4O2/c1-18-9-5-7-15-27(18)16-8-13-25-17-21-19-10-2-3-11-20(19)23(29)28(24(21)30)22-12-4-6-14-26-22/h2-4,6,10-12,14,17-18,21H,5,7-9,13,15-16H2,1H3/t18-,21?/m1/s1. The van der Waals surface area contributed by atoms with Gasteiger partial charge in [-0.2, -0.15) is 0 Å². The van der Waals surface area contributed by atoms with Crippen molar-refractivity contribution < 1.29 is 9.59 Å². The number of hydrogen-bond donors (Lipinski definition) is 0. The van der Waals surface area contributed by atoms with Gasteiger partial charge in [0.25, 0.3) is 5.91 Å². The number of nitrogens with zero attached hydrogens (tertiary/aromatic N) is 4. The molecule has 6 nitrogen and oxygen atoms in total. The number of anilines is 1. The van der Waals surface area contributed by atoms with Crippen LogP contribution in [0.2, 0.25) is 0 Å². The molecule has 0 saturated carbocycles. The highest BCUT2D eigenvalue weighted by molar-refractivity contribution is 6.28. The van der Waals surface area contributed by atoms with E-state index >= 15 is 0 Å². The van der Waals surface area contributed by atoms with E-state index in [1.54, 1.807) is 36.7 Å². The predicted octanol–water partition coefficient (Wildman–Crippen LogP) is 3.69. The zero-order chi connectivity index (χ0) is 20.9. The van der Waals surface area contributed by atoms with Crippen LogP contribution < -0.4 is 4.90 Å². The number of benzene rings is 1. The Hall–Kier alpha value is -2.86. The molecule has 1 aromatic heterocycles. The Morgan fingerprint density at radius 2 is 1.97 bits per heavy atom. The fourth-order valence-electron chi connectivity index (χ4n) is 4.34. The number of rotatable bonds is 6. The first-order chi connectivity index (χ1) is 14.7. The van der Waals surface area contributed by atoms with Crippen molar-refractivity contribution in [3.63, 3.8) is 0 Å².